The smallest absolute Gasteiger partial charge is 0.200 e. The molecule has 0 radical (unpaired) electrons. The van der Waals surface area contributed by atoms with E-state index in [-0.39, 0.29) is 6.54 Å². The molecule has 1 N–H and O–H groups in total. The summed E-state index contributed by atoms with van der Waals surface area (Å²) in [6, 6.07) is 11.0. The van der Waals surface area contributed by atoms with Crippen LogP contribution in [0.4, 0.5) is 0 Å². The number of nitroso groups, excluding NO2 is 1. The molecule has 0 unspecified atom stereocenters. The second-order valence-corrected chi connectivity index (χ2v) is 6.20. The van der Waals surface area contributed by atoms with Crippen LogP contribution in [0.15, 0.2) is 54.0 Å². The lowest BCUT2D eigenvalue weighted by molar-refractivity contribution is 1.01. The fraction of sp³-hybridized carbons (Fsp3) is 0.0625. The lowest BCUT2D eigenvalue weighted by Crippen LogP contribution is -1.99. The number of imidazole rings is 1. The normalized spacial score (nSPS) is 11.1. The van der Waals surface area contributed by atoms with Crippen LogP contribution in [0.5, 0.6) is 0 Å². The first kappa shape index (κ1) is 15.7. The van der Waals surface area contributed by atoms with E-state index in [0.29, 0.717) is 27.0 Å². The van der Waals surface area contributed by atoms with Gasteiger partial charge in [0.05, 0.1) is 5.69 Å². The van der Waals surface area contributed by atoms with Gasteiger partial charge in [-0.05, 0) is 36.0 Å². The number of aromatic amines is 1. The third kappa shape index (κ3) is 2.86. The van der Waals surface area contributed by atoms with Crippen LogP contribution < -0.4 is 0 Å². The van der Waals surface area contributed by atoms with Gasteiger partial charge in [-0.2, -0.15) is 10.0 Å². The number of rotatable bonds is 4. The Morgan fingerprint density at radius 1 is 1.28 bits per heavy atom. The summed E-state index contributed by atoms with van der Waals surface area (Å²) in [5.41, 5.74) is 2.93. The monoisotopic (exact) mass is 370 g/mol. The lowest BCUT2D eigenvalue weighted by Gasteiger charge is -2.06. The molecule has 0 aliphatic heterocycles. The highest BCUT2D eigenvalue weighted by Gasteiger charge is 2.14. The maximum absolute atomic E-state index is 10.5. The van der Waals surface area contributed by atoms with Crippen molar-refractivity contribution >= 4 is 29.5 Å². The molecule has 124 valence electrons. The van der Waals surface area contributed by atoms with Crippen molar-refractivity contribution in [3.05, 3.63) is 69.1 Å². The first-order valence-corrected chi connectivity index (χ1v) is 8.15. The molecule has 0 amide bonds. The van der Waals surface area contributed by atoms with Gasteiger partial charge in [-0.25, -0.2) is 4.98 Å². The number of nitrogens with zero attached hydrogens (tertiary/aromatic N) is 5. The Morgan fingerprint density at radius 2 is 2.16 bits per heavy atom. The summed E-state index contributed by atoms with van der Waals surface area (Å²) in [4.78, 5) is 15.1. The van der Waals surface area contributed by atoms with Crippen LogP contribution in [0.3, 0.4) is 0 Å². The Morgan fingerprint density at radius 3 is 3.00 bits per heavy atom. The molecular weight excluding hydrogens is 360 g/mol. The number of hydrogen-bond acceptors (Lipinski definition) is 5. The largest absolute Gasteiger partial charge is 0.306 e. The second kappa shape index (κ2) is 6.23. The average molecular weight is 371 g/mol. The molecule has 25 heavy (non-hydrogen) atoms. The summed E-state index contributed by atoms with van der Waals surface area (Å²) < 4.78 is 4.06. The SMILES string of the molecule is O=NCc1cccc(-n2c(-c3cn4ccc(Cl)cc4n3)n[nH]c2=S)c1. The number of nitrogens with one attached hydrogen (secondary N) is 1. The minimum Gasteiger partial charge on any atom is -0.306 e. The van der Waals surface area contributed by atoms with Crippen LogP contribution in [0.2, 0.25) is 5.02 Å². The van der Waals surface area contributed by atoms with Crippen LogP contribution in [0.1, 0.15) is 5.56 Å². The van der Waals surface area contributed by atoms with Gasteiger partial charge in [0.15, 0.2) is 10.6 Å². The zero-order valence-electron chi connectivity index (χ0n) is 12.8. The molecule has 4 aromatic rings. The van der Waals surface area contributed by atoms with E-state index in [1.807, 2.05) is 41.1 Å². The van der Waals surface area contributed by atoms with Gasteiger partial charge in [-0.3, -0.25) is 9.67 Å². The molecular formula is C16H11ClN6OS. The van der Waals surface area contributed by atoms with Crippen LogP contribution in [-0.2, 0) is 6.54 Å². The molecule has 1 aromatic carbocycles. The quantitative estimate of drug-likeness (QED) is 0.432. The zero-order valence-corrected chi connectivity index (χ0v) is 14.3. The number of hydrogen-bond donors (Lipinski definition) is 1. The summed E-state index contributed by atoms with van der Waals surface area (Å²) in [6.07, 6.45) is 3.68. The summed E-state index contributed by atoms with van der Waals surface area (Å²) in [5, 5.41) is 10.6. The summed E-state index contributed by atoms with van der Waals surface area (Å²) in [7, 11) is 0. The maximum atomic E-state index is 10.5. The Kier molecular flexibility index (Phi) is 3.90. The predicted molar refractivity (Wildman–Crippen MR) is 97.4 cm³/mol. The maximum Gasteiger partial charge on any atom is 0.200 e. The molecule has 3 heterocycles. The van der Waals surface area contributed by atoms with Gasteiger partial charge in [0.1, 0.15) is 17.9 Å². The van der Waals surface area contributed by atoms with E-state index >= 15 is 0 Å². The molecule has 0 atom stereocenters. The molecule has 0 spiro atoms. The predicted octanol–water partition coefficient (Wildman–Crippen LogP) is 4.16. The minimum absolute atomic E-state index is 0.0984. The standard InChI is InChI=1S/C16H11ClN6OS/c17-11-4-5-22-9-13(19-14(22)7-11)15-20-21-16(25)23(15)12-3-1-2-10(6-12)8-18-24/h1-7,9H,8H2,(H,21,25). The van der Waals surface area contributed by atoms with Crippen LogP contribution in [-0.4, -0.2) is 24.1 Å². The third-order valence-electron chi connectivity index (χ3n) is 3.74. The first-order valence-electron chi connectivity index (χ1n) is 7.36. The number of aromatic nitrogens is 5. The molecule has 0 saturated carbocycles. The van der Waals surface area contributed by atoms with Crippen molar-refractivity contribution in [1.29, 1.82) is 0 Å². The van der Waals surface area contributed by atoms with Crippen LogP contribution in [0.25, 0.3) is 22.9 Å². The van der Waals surface area contributed by atoms with Crippen molar-refractivity contribution in [3.8, 4) is 17.2 Å². The number of H-pyrrole nitrogens is 1. The average Bonchev–Trinajstić information content (AvgIpc) is 3.18. The van der Waals surface area contributed by atoms with E-state index in [9.17, 15) is 4.91 Å². The number of pyridine rings is 1. The lowest BCUT2D eigenvalue weighted by atomic mass is 10.2. The number of benzene rings is 1. The fourth-order valence-electron chi connectivity index (χ4n) is 2.64. The summed E-state index contributed by atoms with van der Waals surface area (Å²) in [6.45, 7) is 0.0984. The van der Waals surface area contributed by atoms with Crippen molar-refractivity contribution in [1.82, 2.24) is 24.1 Å². The van der Waals surface area contributed by atoms with E-state index in [1.165, 1.54) is 0 Å². The van der Waals surface area contributed by atoms with Gasteiger partial charge in [0.25, 0.3) is 0 Å². The molecule has 4 rings (SSSR count). The first-order chi connectivity index (χ1) is 12.2. The third-order valence-corrected chi connectivity index (χ3v) is 4.25. The van der Waals surface area contributed by atoms with Gasteiger partial charge >= 0.3 is 0 Å². The number of halogens is 1. The number of fused-ring (bicyclic) bond motifs is 1. The highest BCUT2D eigenvalue weighted by molar-refractivity contribution is 7.71. The van der Waals surface area contributed by atoms with Crippen LogP contribution >= 0.6 is 23.8 Å². The van der Waals surface area contributed by atoms with Gasteiger partial charge in [-0.1, -0.05) is 28.9 Å². The molecule has 0 aliphatic carbocycles. The molecule has 0 aliphatic rings. The highest BCUT2D eigenvalue weighted by atomic mass is 35.5. The fourth-order valence-corrected chi connectivity index (χ4v) is 3.03. The summed E-state index contributed by atoms with van der Waals surface area (Å²) >= 11 is 11.4. The van der Waals surface area contributed by atoms with Gasteiger partial charge in [0.2, 0.25) is 0 Å². The second-order valence-electron chi connectivity index (χ2n) is 5.38. The van der Waals surface area contributed by atoms with Crippen molar-refractivity contribution in [2.75, 3.05) is 0 Å². The minimum atomic E-state index is 0.0984. The van der Waals surface area contributed by atoms with Gasteiger partial charge in [-0.15, -0.1) is 0 Å². The van der Waals surface area contributed by atoms with Crippen LogP contribution in [0, 0.1) is 9.68 Å². The Hall–Kier alpha value is -2.84. The highest BCUT2D eigenvalue weighted by Crippen LogP contribution is 2.23. The van der Waals surface area contributed by atoms with E-state index in [1.54, 1.807) is 16.7 Å². The molecule has 7 nitrogen and oxygen atoms in total. The van der Waals surface area contributed by atoms with Crippen molar-refractivity contribution in [2.24, 2.45) is 5.18 Å². The van der Waals surface area contributed by atoms with E-state index in [0.717, 1.165) is 11.3 Å². The Balaban J connectivity index is 1.88. The molecule has 0 bridgehead atoms. The molecule has 9 heteroatoms. The summed E-state index contributed by atoms with van der Waals surface area (Å²) in [5.74, 6) is 0.570. The van der Waals surface area contributed by atoms with Gasteiger partial charge in [0, 0.05) is 23.5 Å². The van der Waals surface area contributed by atoms with Gasteiger partial charge < -0.3 is 4.40 Å². The van der Waals surface area contributed by atoms with Crippen molar-refractivity contribution < 1.29 is 0 Å². The molecule has 3 aromatic heterocycles. The molecule has 0 saturated heterocycles. The van der Waals surface area contributed by atoms with E-state index in [4.69, 9.17) is 23.8 Å². The van der Waals surface area contributed by atoms with Crippen molar-refractivity contribution in [2.45, 2.75) is 6.54 Å². The zero-order chi connectivity index (χ0) is 17.4. The topological polar surface area (TPSA) is 80.3 Å². The van der Waals surface area contributed by atoms with Crippen molar-refractivity contribution in [3.63, 3.8) is 0 Å². The Labute approximate surface area is 151 Å². The van der Waals surface area contributed by atoms with E-state index < -0.39 is 0 Å². The Bertz CT molecular complexity index is 1140. The molecule has 0 fully saturated rings. The van der Waals surface area contributed by atoms with E-state index in [2.05, 4.69) is 20.4 Å².